The molecular formula is C39H54N4O8. The van der Waals surface area contributed by atoms with E-state index < -0.39 is 47.0 Å². The summed E-state index contributed by atoms with van der Waals surface area (Å²) in [5, 5.41) is 8.26. The fourth-order valence-corrected chi connectivity index (χ4v) is 6.35. The Hall–Kier alpha value is -4.61. The standard InChI is InChI=1S/C39H54N4O8/c1-24-14-16-29(49-33-19-28-22-43(23-30(28)33)37(48)51-39(6,7)8)18-27(24)21-40-35(46)31(17-15-26-12-10-9-11-13-26)42-36(47)32(41-25(2)44)20-34(45)50-38(3,4)5/h9-14,16,18,28,30-33H,15,17,19-23H2,1-8H3,(H,40,46)(H,41,44)(H,42,47)/t28?,30?,31-,32-,33?/m0/s1. The molecule has 12 nitrogen and oxygen atoms in total. The van der Waals surface area contributed by atoms with Crippen molar-refractivity contribution in [2.75, 3.05) is 13.1 Å². The summed E-state index contributed by atoms with van der Waals surface area (Å²) in [5.41, 5.74) is 1.48. The van der Waals surface area contributed by atoms with Crippen molar-refractivity contribution in [2.24, 2.45) is 11.8 Å². The van der Waals surface area contributed by atoms with Crippen LogP contribution in [0.15, 0.2) is 48.5 Å². The number of ether oxygens (including phenoxy) is 3. The quantitative estimate of drug-likeness (QED) is 0.256. The van der Waals surface area contributed by atoms with Crippen molar-refractivity contribution in [3.63, 3.8) is 0 Å². The van der Waals surface area contributed by atoms with Gasteiger partial charge in [0.25, 0.3) is 0 Å². The molecule has 1 aliphatic carbocycles. The Balaban J connectivity index is 1.40. The minimum absolute atomic E-state index is 0.0256. The van der Waals surface area contributed by atoms with Crippen LogP contribution < -0.4 is 20.7 Å². The van der Waals surface area contributed by atoms with E-state index in [4.69, 9.17) is 14.2 Å². The van der Waals surface area contributed by atoms with Crippen LogP contribution in [0.4, 0.5) is 4.79 Å². The first-order chi connectivity index (χ1) is 23.9. The normalized spacial score (nSPS) is 19.5. The lowest BCUT2D eigenvalue weighted by Crippen LogP contribution is -2.54. The van der Waals surface area contributed by atoms with Gasteiger partial charge in [-0.25, -0.2) is 4.79 Å². The summed E-state index contributed by atoms with van der Waals surface area (Å²) in [5.74, 6) is -0.919. The summed E-state index contributed by atoms with van der Waals surface area (Å²) in [7, 11) is 0. The molecule has 0 radical (unpaired) electrons. The van der Waals surface area contributed by atoms with Crippen LogP contribution >= 0.6 is 0 Å². The predicted molar refractivity (Wildman–Crippen MR) is 192 cm³/mol. The molecule has 4 amide bonds. The minimum atomic E-state index is -1.22. The predicted octanol–water partition coefficient (Wildman–Crippen LogP) is 4.60. The summed E-state index contributed by atoms with van der Waals surface area (Å²) in [6.45, 7) is 15.4. The van der Waals surface area contributed by atoms with Gasteiger partial charge in [-0.3, -0.25) is 19.2 Å². The maximum Gasteiger partial charge on any atom is 0.410 e. The first kappa shape index (κ1) is 39.2. The van der Waals surface area contributed by atoms with Gasteiger partial charge in [-0.2, -0.15) is 0 Å². The molecule has 0 bridgehead atoms. The van der Waals surface area contributed by atoms with Crippen LogP contribution in [0.25, 0.3) is 0 Å². The molecule has 4 rings (SSSR count). The van der Waals surface area contributed by atoms with Crippen molar-refractivity contribution in [3.05, 3.63) is 65.2 Å². The van der Waals surface area contributed by atoms with Crippen LogP contribution in [-0.4, -0.2) is 77.2 Å². The van der Waals surface area contributed by atoms with Crippen molar-refractivity contribution >= 4 is 29.8 Å². The summed E-state index contributed by atoms with van der Waals surface area (Å²) in [6.07, 6.45) is 0.933. The molecule has 1 heterocycles. The number of benzene rings is 2. The molecule has 2 aliphatic rings. The number of carbonyl (C=O) groups is 5. The first-order valence-corrected chi connectivity index (χ1v) is 17.7. The van der Waals surface area contributed by atoms with Crippen LogP contribution in [0.2, 0.25) is 0 Å². The minimum Gasteiger partial charge on any atom is -0.490 e. The zero-order valence-electron chi connectivity index (χ0n) is 31.2. The number of hydrogen-bond donors (Lipinski definition) is 3. The average molecular weight is 707 g/mol. The highest BCUT2D eigenvalue weighted by atomic mass is 16.6. The molecule has 2 aromatic rings. The van der Waals surface area contributed by atoms with Gasteiger partial charge < -0.3 is 35.1 Å². The van der Waals surface area contributed by atoms with E-state index in [1.807, 2.05) is 76.2 Å². The smallest absolute Gasteiger partial charge is 0.410 e. The SMILES string of the molecule is CC(=O)N[C@@H](CC(=O)OC(C)(C)C)C(=O)N[C@@H](CCc1ccccc1)C(=O)NCc1cc(OC2CC3CN(C(=O)OC(C)(C)C)CC32)ccc1C. The zero-order chi connectivity index (χ0) is 37.5. The summed E-state index contributed by atoms with van der Waals surface area (Å²) < 4.78 is 17.3. The van der Waals surface area contributed by atoms with Gasteiger partial charge in [-0.05, 0) is 102 Å². The molecule has 1 saturated carbocycles. The molecule has 278 valence electrons. The molecular weight excluding hydrogens is 652 g/mol. The Bertz CT molecular complexity index is 1570. The van der Waals surface area contributed by atoms with Crippen LogP contribution in [-0.2, 0) is 41.6 Å². The van der Waals surface area contributed by atoms with Crippen LogP contribution in [0.3, 0.4) is 0 Å². The second kappa shape index (κ2) is 16.6. The summed E-state index contributed by atoms with van der Waals surface area (Å²) >= 11 is 0. The van der Waals surface area contributed by atoms with Crippen molar-refractivity contribution in [1.82, 2.24) is 20.9 Å². The molecule has 3 N–H and O–H groups in total. The molecule has 3 unspecified atom stereocenters. The lowest BCUT2D eigenvalue weighted by molar-refractivity contribution is -0.156. The van der Waals surface area contributed by atoms with E-state index in [9.17, 15) is 24.0 Å². The van der Waals surface area contributed by atoms with Crippen LogP contribution in [0.1, 0.15) is 84.4 Å². The van der Waals surface area contributed by atoms with E-state index in [1.54, 1.807) is 25.7 Å². The number of nitrogens with zero attached hydrogens (tertiary/aromatic N) is 1. The van der Waals surface area contributed by atoms with Crippen molar-refractivity contribution in [3.8, 4) is 5.75 Å². The van der Waals surface area contributed by atoms with Crippen molar-refractivity contribution in [2.45, 2.75) is 117 Å². The maximum absolute atomic E-state index is 13.7. The lowest BCUT2D eigenvalue weighted by atomic mass is 9.73. The Morgan fingerprint density at radius 3 is 2.20 bits per heavy atom. The van der Waals surface area contributed by atoms with E-state index in [0.717, 1.165) is 23.1 Å². The number of esters is 1. The van der Waals surface area contributed by atoms with E-state index in [2.05, 4.69) is 16.0 Å². The number of aryl methyl sites for hydroxylation is 2. The molecule has 5 atom stereocenters. The van der Waals surface area contributed by atoms with Gasteiger partial charge in [0.1, 0.15) is 35.1 Å². The van der Waals surface area contributed by atoms with Gasteiger partial charge in [0.15, 0.2) is 0 Å². The van der Waals surface area contributed by atoms with Gasteiger partial charge in [0.2, 0.25) is 17.7 Å². The highest BCUT2D eigenvalue weighted by Crippen LogP contribution is 2.43. The number of rotatable bonds is 13. The molecule has 0 aromatic heterocycles. The van der Waals surface area contributed by atoms with E-state index in [1.165, 1.54) is 6.92 Å². The number of amides is 4. The van der Waals surface area contributed by atoms with Gasteiger partial charge >= 0.3 is 12.1 Å². The van der Waals surface area contributed by atoms with Crippen LogP contribution in [0.5, 0.6) is 5.75 Å². The summed E-state index contributed by atoms with van der Waals surface area (Å²) in [4.78, 5) is 66.0. The van der Waals surface area contributed by atoms with Crippen LogP contribution in [0, 0.1) is 18.8 Å². The average Bonchev–Trinajstić information content (AvgIpc) is 3.36. The Kier molecular flexibility index (Phi) is 12.8. The third kappa shape index (κ3) is 12.0. The number of hydrogen-bond acceptors (Lipinski definition) is 8. The number of nitrogens with one attached hydrogen (secondary N) is 3. The molecule has 1 saturated heterocycles. The molecule has 12 heteroatoms. The topological polar surface area (TPSA) is 152 Å². The Labute approximate surface area is 301 Å². The van der Waals surface area contributed by atoms with Gasteiger partial charge in [-0.1, -0.05) is 36.4 Å². The largest absolute Gasteiger partial charge is 0.490 e. The number of likely N-dealkylation sites (tertiary alicyclic amines) is 1. The number of carbonyl (C=O) groups excluding carboxylic acids is 5. The van der Waals surface area contributed by atoms with Gasteiger partial charge in [0, 0.05) is 32.5 Å². The van der Waals surface area contributed by atoms with Crippen molar-refractivity contribution in [1.29, 1.82) is 0 Å². The second-order valence-corrected chi connectivity index (χ2v) is 15.6. The molecule has 1 aliphatic heterocycles. The lowest BCUT2D eigenvalue weighted by Gasteiger charge is -2.39. The summed E-state index contributed by atoms with van der Waals surface area (Å²) in [6, 6.07) is 13.2. The number of fused-ring (bicyclic) bond motifs is 1. The Morgan fingerprint density at radius 2 is 1.55 bits per heavy atom. The van der Waals surface area contributed by atoms with Crippen molar-refractivity contribution < 1.29 is 38.2 Å². The van der Waals surface area contributed by atoms with Gasteiger partial charge in [-0.15, -0.1) is 0 Å². The third-order valence-corrected chi connectivity index (χ3v) is 8.90. The molecule has 0 spiro atoms. The highest BCUT2D eigenvalue weighted by molar-refractivity contribution is 5.94. The van der Waals surface area contributed by atoms with E-state index in [0.29, 0.717) is 31.2 Å². The molecule has 2 fully saturated rings. The third-order valence-electron chi connectivity index (χ3n) is 8.90. The second-order valence-electron chi connectivity index (χ2n) is 15.6. The monoisotopic (exact) mass is 706 g/mol. The fraction of sp³-hybridized carbons (Fsp3) is 0.564. The van der Waals surface area contributed by atoms with E-state index >= 15 is 0 Å². The molecule has 2 aromatic carbocycles. The Morgan fingerprint density at radius 1 is 0.863 bits per heavy atom. The van der Waals surface area contributed by atoms with Gasteiger partial charge in [0.05, 0.1) is 6.42 Å². The van der Waals surface area contributed by atoms with E-state index in [-0.39, 0.29) is 37.5 Å². The molecule has 51 heavy (non-hydrogen) atoms. The highest BCUT2D eigenvalue weighted by Gasteiger charge is 2.50. The first-order valence-electron chi connectivity index (χ1n) is 17.7. The zero-order valence-corrected chi connectivity index (χ0v) is 31.2. The fourth-order valence-electron chi connectivity index (χ4n) is 6.35. The maximum atomic E-state index is 13.7.